The van der Waals surface area contributed by atoms with Gasteiger partial charge in [-0.05, 0) is 18.2 Å². The molecule has 1 aromatic carbocycles. The second kappa shape index (κ2) is 3.82. The fourth-order valence-electron chi connectivity index (χ4n) is 1.51. The fraction of sp³-hybridized carbons (Fsp3) is 0.182. The van der Waals surface area contributed by atoms with Gasteiger partial charge in [-0.15, -0.1) is 0 Å². The summed E-state index contributed by atoms with van der Waals surface area (Å²) in [6, 6.07) is 5.51. The van der Waals surface area contributed by atoms with Crippen molar-refractivity contribution in [2.75, 3.05) is 7.11 Å². The molecule has 0 spiro atoms. The van der Waals surface area contributed by atoms with Crippen LogP contribution in [0.2, 0.25) is 0 Å². The van der Waals surface area contributed by atoms with Crippen LogP contribution in [0.4, 0.5) is 4.39 Å². The number of benzene rings is 1. The third kappa shape index (κ3) is 1.89. The van der Waals surface area contributed by atoms with E-state index in [0.717, 1.165) is 0 Å². The number of ether oxygens (including phenoxy) is 1. The molecule has 4 heteroatoms. The van der Waals surface area contributed by atoms with Gasteiger partial charge >= 0.3 is 0 Å². The van der Waals surface area contributed by atoms with Crippen molar-refractivity contribution in [1.29, 1.82) is 0 Å². The van der Waals surface area contributed by atoms with E-state index in [4.69, 9.17) is 4.74 Å². The van der Waals surface area contributed by atoms with Gasteiger partial charge in [-0.3, -0.25) is 4.79 Å². The Balaban J connectivity index is 2.67. The van der Waals surface area contributed by atoms with E-state index >= 15 is 0 Å². The highest BCUT2D eigenvalue weighted by atomic mass is 19.1. The largest absolute Gasteiger partial charge is 0.378 e. The lowest BCUT2D eigenvalue weighted by atomic mass is 10.2. The van der Waals surface area contributed by atoms with Gasteiger partial charge in [0.25, 0.3) is 0 Å². The normalized spacial score (nSPS) is 10.8. The molecule has 0 aliphatic carbocycles. The Morgan fingerprint density at radius 2 is 2.20 bits per heavy atom. The topological polar surface area (TPSA) is 42.1 Å². The maximum absolute atomic E-state index is 12.9. The Morgan fingerprint density at radius 1 is 1.40 bits per heavy atom. The molecular formula is C11H10FNO2. The van der Waals surface area contributed by atoms with Crippen LogP contribution in [0, 0.1) is 5.82 Å². The molecule has 0 aliphatic heterocycles. The van der Waals surface area contributed by atoms with Crippen molar-refractivity contribution in [2.45, 2.75) is 6.61 Å². The standard InChI is InChI=1S/C11H10FNO2/c1-15-6-8-5-11(14)9-4-7(12)2-3-10(9)13-8/h2-5H,6H2,1H3,(H,13,14). The summed E-state index contributed by atoms with van der Waals surface area (Å²) in [7, 11) is 1.55. The van der Waals surface area contributed by atoms with Gasteiger partial charge in [-0.25, -0.2) is 4.39 Å². The molecule has 0 fully saturated rings. The molecule has 0 radical (unpaired) electrons. The van der Waals surface area contributed by atoms with E-state index in [0.29, 0.717) is 23.2 Å². The van der Waals surface area contributed by atoms with Gasteiger partial charge in [0, 0.05) is 29.8 Å². The zero-order valence-corrected chi connectivity index (χ0v) is 8.21. The molecule has 0 saturated heterocycles. The number of H-pyrrole nitrogens is 1. The number of nitrogens with one attached hydrogen (secondary N) is 1. The van der Waals surface area contributed by atoms with Gasteiger partial charge < -0.3 is 9.72 Å². The average molecular weight is 207 g/mol. The van der Waals surface area contributed by atoms with E-state index < -0.39 is 5.82 Å². The third-order valence-corrected chi connectivity index (χ3v) is 2.15. The Hall–Kier alpha value is -1.68. The molecule has 15 heavy (non-hydrogen) atoms. The quantitative estimate of drug-likeness (QED) is 0.816. The summed E-state index contributed by atoms with van der Waals surface area (Å²) >= 11 is 0. The van der Waals surface area contributed by atoms with Crippen LogP contribution in [0.5, 0.6) is 0 Å². The second-order valence-corrected chi connectivity index (χ2v) is 3.28. The number of hydrogen-bond acceptors (Lipinski definition) is 2. The summed E-state index contributed by atoms with van der Waals surface area (Å²) in [5, 5.41) is 0.356. The monoisotopic (exact) mass is 207 g/mol. The molecule has 0 atom stereocenters. The first-order chi connectivity index (χ1) is 7.20. The first kappa shape index (κ1) is 9.86. The molecule has 0 amide bonds. The molecule has 0 saturated carbocycles. The lowest BCUT2D eigenvalue weighted by Gasteiger charge is -2.02. The van der Waals surface area contributed by atoms with Crippen molar-refractivity contribution in [3.05, 3.63) is 46.0 Å². The second-order valence-electron chi connectivity index (χ2n) is 3.28. The maximum atomic E-state index is 12.9. The van der Waals surface area contributed by atoms with E-state index in [1.165, 1.54) is 18.2 Å². The number of rotatable bonds is 2. The van der Waals surface area contributed by atoms with Gasteiger partial charge in [-0.1, -0.05) is 0 Å². The smallest absolute Gasteiger partial charge is 0.189 e. The minimum atomic E-state index is -0.410. The molecule has 0 bridgehead atoms. The van der Waals surface area contributed by atoms with Crippen LogP contribution in [0.3, 0.4) is 0 Å². The summed E-state index contributed by atoms with van der Waals surface area (Å²) < 4.78 is 17.8. The van der Waals surface area contributed by atoms with Crippen LogP contribution in [0.15, 0.2) is 29.1 Å². The molecular weight excluding hydrogens is 197 g/mol. The molecule has 0 unspecified atom stereocenters. The Bertz CT molecular complexity index is 548. The van der Waals surface area contributed by atoms with Crippen molar-refractivity contribution < 1.29 is 9.13 Å². The Morgan fingerprint density at radius 3 is 2.93 bits per heavy atom. The molecule has 2 aromatic rings. The van der Waals surface area contributed by atoms with Crippen LogP contribution in [0.1, 0.15) is 5.69 Å². The maximum Gasteiger partial charge on any atom is 0.189 e. The van der Waals surface area contributed by atoms with Crippen LogP contribution >= 0.6 is 0 Å². The first-order valence-corrected chi connectivity index (χ1v) is 4.51. The van der Waals surface area contributed by atoms with Crippen molar-refractivity contribution >= 4 is 10.9 Å². The minimum absolute atomic E-state index is 0.199. The van der Waals surface area contributed by atoms with E-state index in [2.05, 4.69) is 4.98 Å². The van der Waals surface area contributed by atoms with Crippen molar-refractivity contribution in [1.82, 2.24) is 4.98 Å². The number of halogens is 1. The number of hydrogen-bond donors (Lipinski definition) is 1. The van der Waals surface area contributed by atoms with Gasteiger partial charge in [0.2, 0.25) is 0 Å². The van der Waals surface area contributed by atoms with Crippen molar-refractivity contribution in [3.63, 3.8) is 0 Å². The highest BCUT2D eigenvalue weighted by Crippen LogP contribution is 2.10. The zero-order chi connectivity index (χ0) is 10.8. The van der Waals surface area contributed by atoms with Gasteiger partial charge in [0.15, 0.2) is 5.43 Å². The van der Waals surface area contributed by atoms with E-state index in [-0.39, 0.29) is 5.43 Å². The summed E-state index contributed by atoms with van der Waals surface area (Å²) in [5.74, 6) is -0.410. The third-order valence-electron chi connectivity index (χ3n) is 2.15. The number of methoxy groups -OCH3 is 1. The van der Waals surface area contributed by atoms with Gasteiger partial charge in [-0.2, -0.15) is 0 Å². The molecule has 3 nitrogen and oxygen atoms in total. The minimum Gasteiger partial charge on any atom is -0.378 e. The van der Waals surface area contributed by atoms with E-state index in [1.54, 1.807) is 13.2 Å². The number of aromatic nitrogens is 1. The molecule has 78 valence electrons. The van der Waals surface area contributed by atoms with Crippen LogP contribution in [0.25, 0.3) is 10.9 Å². The predicted molar refractivity (Wildman–Crippen MR) is 55.2 cm³/mol. The lowest BCUT2D eigenvalue weighted by Crippen LogP contribution is -2.06. The summed E-state index contributed by atoms with van der Waals surface area (Å²) in [4.78, 5) is 14.6. The van der Waals surface area contributed by atoms with E-state index in [1.807, 2.05) is 0 Å². The van der Waals surface area contributed by atoms with Crippen LogP contribution in [-0.4, -0.2) is 12.1 Å². The average Bonchev–Trinajstić information content (AvgIpc) is 2.20. The summed E-state index contributed by atoms with van der Waals surface area (Å²) in [6.07, 6.45) is 0. The summed E-state index contributed by atoms with van der Waals surface area (Å²) in [6.45, 7) is 0.336. The highest BCUT2D eigenvalue weighted by Gasteiger charge is 2.02. The predicted octanol–water partition coefficient (Wildman–Crippen LogP) is 1.81. The SMILES string of the molecule is COCc1cc(=O)c2cc(F)ccc2[nH]1. The number of fused-ring (bicyclic) bond motifs is 1. The van der Waals surface area contributed by atoms with Gasteiger partial charge in [0.1, 0.15) is 5.82 Å². The molecule has 1 aromatic heterocycles. The molecule has 2 rings (SSSR count). The molecule has 1 heterocycles. The fourth-order valence-corrected chi connectivity index (χ4v) is 1.51. The van der Waals surface area contributed by atoms with Crippen molar-refractivity contribution in [3.8, 4) is 0 Å². The highest BCUT2D eigenvalue weighted by molar-refractivity contribution is 5.78. The Labute approximate surface area is 85.5 Å². The van der Waals surface area contributed by atoms with Crippen LogP contribution < -0.4 is 5.43 Å². The lowest BCUT2D eigenvalue weighted by molar-refractivity contribution is 0.181. The van der Waals surface area contributed by atoms with Crippen LogP contribution in [-0.2, 0) is 11.3 Å². The number of aromatic amines is 1. The molecule has 0 aliphatic rings. The van der Waals surface area contributed by atoms with Crippen molar-refractivity contribution in [2.24, 2.45) is 0 Å². The Kier molecular flexibility index (Phi) is 2.51. The van der Waals surface area contributed by atoms with Gasteiger partial charge in [0.05, 0.1) is 6.61 Å². The summed E-state index contributed by atoms with van der Waals surface area (Å²) in [5.41, 5.74) is 1.10. The zero-order valence-electron chi connectivity index (χ0n) is 8.21. The molecule has 1 N–H and O–H groups in total. The first-order valence-electron chi connectivity index (χ1n) is 4.51. The van der Waals surface area contributed by atoms with E-state index in [9.17, 15) is 9.18 Å². The number of pyridine rings is 1.